The number of fused-ring (bicyclic) bond motifs is 37. The van der Waals surface area contributed by atoms with Gasteiger partial charge in [-0.05, 0) is 294 Å². The van der Waals surface area contributed by atoms with Gasteiger partial charge in [-0.15, -0.1) is 0 Å². The molecule has 0 atom stereocenters. The molecule has 4 nitrogen and oxygen atoms in total. The summed E-state index contributed by atoms with van der Waals surface area (Å²) in [5.41, 5.74) is 31.1. The van der Waals surface area contributed by atoms with E-state index < -0.39 is 0 Å². The first-order chi connectivity index (χ1) is 62.5. The number of para-hydroxylation sites is 4. The third-order valence-corrected chi connectivity index (χ3v) is 30.2. The summed E-state index contributed by atoms with van der Waals surface area (Å²) < 4.78 is 13.7. The van der Waals surface area contributed by atoms with Gasteiger partial charge in [0.15, 0.2) is 11.2 Å². The predicted octanol–water partition coefficient (Wildman–Crippen LogP) is 34.9. The fourth-order valence-corrected chi connectivity index (χ4v) is 24.4. The Morgan fingerprint density at radius 2 is 0.516 bits per heavy atom. The van der Waals surface area contributed by atoms with Gasteiger partial charge in [0, 0.05) is 65.7 Å². The van der Waals surface area contributed by atoms with E-state index in [1.54, 1.807) is 0 Å². The fraction of sp³-hybridized carbons (Fsp3) is 0.0968. The van der Waals surface area contributed by atoms with E-state index in [2.05, 4.69) is 441 Å². The standard InChI is InChI=1S/2C62H43NO/c1-61(2)51-34-37-17-6-5-16-36(37)33-50(51)56-46-23-11-9-20-43(46)54(35-52(56)61)63(53-26-15-25-48-44-21-13-14-27-55(44)64-60(48)53)39-29-31-40-38(32-39)28-30-49-57-45-22-10-7-18-41(45)42-19-8-12-24-47(42)59(57)62(3,4)58(40)49;1-61(2)53-34-37-15-6-5-14-36(37)32-51(53)52-33-38-24-26-41(31-40(38)35-54(52)61)63(55-22-13-21-49-46-18-11-12-23-56(46)64-60(49)55)42-27-29-43-39(30-42)25-28-50-57-47-19-9-7-16-44(47)45-17-8-10-20-48(45)59(57)62(3,4)58(43)50/h2*5-35H,1-4H3. The first kappa shape index (κ1) is 73.0. The Kier molecular flexibility index (Phi) is 14.9. The maximum Gasteiger partial charge on any atom is 0.159 e. The molecule has 4 heteroatoms. The molecule has 2 heterocycles. The summed E-state index contributed by atoms with van der Waals surface area (Å²) in [6.07, 6.45) is 0. The Bertz CT molecular complexity index is 9110. The van der Waals surface area contributed by atoms with Gasteiger partial charge >= 0.3 is 0 Å². The zero-order valence-electron chi connectivity index (χ0n) is 72.5. The lowest BCUT2D eigenvalue weighted by molar-refractivity contribution is 0.661. The largest absolute Gasteiger partial charge is 0.454 e. The predicted molar refractivity (Wildman–Crippen MR) is 542 cm³/mol. The summed E-state index contributed by atoms with van der Waals surface area (Å²) in [5.74, 6) is 0. The van der Waals surface area contributed by atoms with Crippen LogP contribution in [0.2, 0.25) is 0 Å². The van der Waals surface area contributed by atoms with Crippen LogP contribution in [0.1, 0.15) is 99.9 Å². The average molecular weight is 1640 g/mol. The van der Waals surface area contributed by atoms with Gasteiger partial charge in [0.05, 0.1) is 17.1 Å². The van der Waals surface area contributed by atoms with Crippen LogP contribution >= 0.6 is 0 Å². The molecule has 2 aromatic heterocycles. The molecule has 0 saturated heterocycles. The molecular weight excluding hydrogens is 1550 g/mol. The van der Waals surface area contributed by atoms with Crippen molar-refractivity contribution in [3.63, 3.8) is 0 Å². The molecule has 4 aliphatic carbocycles. The molecule has 0 spiro atoms. The monoisotopic (exact) mass is 1630 g/mol. The van der Waals surface area contributed by atoms with Crippen molar-refractivity contribution < 1.29 is 8.83 Å². The maximum absolute atomic E-state index is 6.89. The minimum Gasteiger partial charge on any atom is -0.454 e. The Morgan fingerprint density at radius 1 is 0.180 bits per heavy atom. The summed E-state index contributed by atoms with van der Waals surface area (Å²) in [5, 5.41) is 30.1. The van der Waals surface area contributed by atoms with E-state index in [4.69, 9.17) is 8.83 Å². The molecule has 0 N–H and O–H groups in total. The van der Waals surface area contributed by atoms with Crippen LogP contribution in [0.5, 0.6) is 0 Å². The van der Waals surface area contributed by atoms with Gasteiger partial charge in [0.1, 0.15) is 11.2 Å². The molecule has 0 radical (unpaired) electrons. The molecule has 24 aromatic rings. The molecule has 22 aromatic carbocycles. The second kappa shape index (κ2) is 26.1. The van der Waals surface area contributed by atoms with Crippen LogP contribution in [-0.4, -0.2) is 0 Å². The summed E-state index contributed by atoms with van der Waals surface area (Å²) in [6.45, 7) is 19.3. The molecule has 4 aliphatic rings. The van der Waals surface area contributed by atoms with Crippen LogP contribution in [0.3, 0.4) is 0 Å². The number of anilines is 6. The van der Waals surface area contributed by atoms with Crippen LogP contribution in [0, 0.1) is 0 Å². The second-order valence-electron chi connectivity index (χ2n) is 38.4. The minimum absolute atomic E-state index is 0.136. The van der Waals surface area contributed by atoms with Crippen molar-refractivity contribution in [2.24, 2.45) is 0 Å². The van der Waals surface area contributed by atoms with Gasteiger partial charge in [-0.1, -0.05) is 328 Å². The molecule has 604 valence electrons. The van der Waals surface area contributed by atoms with Crippen LogP contribution in [0.25, 0.3) is 196 Å². The van der Waals surface area contributed by atoms with Crippen molar-refractivity contribution in [3.05, 3.63) is 421 Å². The summed E-state index contributed by atoms with van der Waals surface area (Å²) in [4.78, 5) is 4.90. The van der Waals surface area contributed by atoms with Gasteiger partial charge < -0.3 is 18.6 Å². The number of furan rings is 2. The third-order valence-electron chi connectivity index (χ3n) is 30.2. The number of rotatable bonds is 6. The maximum atomic E-state index is 6.89. The normalized spacial score (nSPS) is 14.5. The molecule has 0 fully saturated rings. The molecule has 128 heavy (non-hydrogen) atoms. The molecule has 0 saturated carbocycles. The molecular formula is C124H86N2O2. The Balaban J connectivity index is 0.000000132. The number of benzene rings is 22. The molecule has 0 aliphatic heterocycles. The Labute approximate surface area is 741 Å². The Hall–Kier alpha value is -15.4. The lowest BCUT2D eigenvalue weighted by Gasteiger charge is -2.30. The van der Waals surface area contributed by atoms with Crippen LogP contribution in [0.4, 0.5) is 34.1 Å². The van der Waals surface area contributed by atoms with Gasteiger partial charge in [-0.3, -0.25) is 0 Å². The van der Waals surface area contributed by atoms with Gasteiger partial charge in [0.2, 0.25) is 0 Å². The van der Waals surface area contributed by atoms with Crippen molar-refractivity contribution in [1.82, 2.24) is 0 Å². The Morgan fingerprint density at radius 3 is 1.01 bits per heavy atom. The van der Waals surface area contributed by atoms with Crippen molar-refractivity contribution in [2.45, 2.75) is 77.0 Å². The first-order valence-corrected chi connectivity index (χ1v) is 45.2. The van der Waals surface area contributed by atoms with Crippen molar-refractivity contribution in [3.8, 4) is 44.5 Å². The van der Waals surface area contributed by atoms with Gasteiger partial charge in [0.25, 0.3) is 0 Å². The summed E-state index contributed by atoms with van der Waals surface area (Å²) >= 11 is 0. The quantitative estimate of drug-likeness (QED) is 0.155. The first-order valence-electron chi connectivity index (χ1n) is 45.2. The fourth-order valence-electron chi connectivity index (χ4n) is 24.4. The van der Waals surface area contributed by atoms with E-state index in [0.717, 1.165) is 78.0 Å². The van der Waals surface area contributed by atoms with Crippen molar-refractivity contribution >= 4 is 186 Å². The zero-order valence-corrected chi connectivity index (χ0v) is 72.5. The highest BCUT2D eigenvalue weighted by atomic mass is 16.3. The third kappa shape index (κ3) is 10.0. The van der Waals surface area contributed by atoms with E-state index in [0.29, 0.717) is 0 Å². The van der Waals surface area contributed by atoms with E-state index in [1.807, 2.05) is 0 Å². The van der Waals surface area contributed by atoms with Gasteiger partial charge in [-0.25, -0.2) is 0 Å². The van der Waals surface area contributed by atoms with E-state index in [9.17, 15) is 0 Å². The van der Waals surface area contributed by atoms with E-state index in [1.165, 1.54) is 197 Å². The van der Waals surface area contributed by atoms with Crippen molar-refractivity contribution in [1.29, 1.82) is 0 Å². The van der Waals surface area contributed by atoms with E-state index in [-0.39, 0.29) is 21.7 Å². The minimum atomic E-state index is -0.233. The number of hydrogen-bond donors (Lipinski definition) is 0. The topological polar surface area (TPSA) is 32.8 Å². The molecule has 0 unspecified atom stereocenters. The second-order valence-corrected chi connectivity index (χ2v) is 38.4. The van der Waals surface area contributed by atoms with Gasteiger partial charge in [-0.2, -0.15) is 0 Å². The van der Waals surface area contributed by atoms with Crippen LogP contribution < -0.4 is 9.80 Å². The van der Waals surface area contributed by atoms with E-state index >= 15 is 0 Å². The smallest absolute Gasteiger partial charge is 0.159 e. The SMILES string of the molecule is CC1(C)c2cc3ccccc3cc2-c2c1cc(N(c1ccc3c4c(ccc3c1)-c1c(c3ccccc3c3ccccc13)C4(C)C)c1cccc3c1oc1ccccc13)c1ccccc21.CC1(C)c2cc3ccccc3cc2-c2cc3ccc(N(c4ccc5c6c(ccc5c4)-c4c(c5ccccc5c5ccccc45)C6(C)C)c4cccc5c4oc4ccccc45)cc3cc21. The number of hydrogen-bond acceptors (Lipinski definition) is 4. The highest BCUT2D eigenvalue weighted by Gasteiger charge is 2.44. The molecule has 0 bridgehead atoms. The lowest BCUT2D eigenvalue weighted by atomic mass is 9.78. The van der Waals surface area contributed by atoms with Crippen LogP contribution in [0.15, 0.2) is 385 Å². The lowest BCUT2D eigenvalue weighted by Crippen LogP contribution is -2.17. The molecule has 28 rings (SSSR count). The summed E-state index contributed by atoms with van der Waals surface area (Å²) in [7, 11) is 0. The van der Waals surface area contributed by atoms with Crippen LogP contribution in [-0.2, 0) is 21.7 Å². The number of nitrogens with zero attached hydrogens (tertiary/aromatic N) is 2. The zero-order chi connectivity index (χ0) is 85.3. The molecule has 0 amide bonds. The highest BCUT2D eigenvalue weighted by Crippen LogP contribution is 2.62. The summed E-state index contributed by atoms with van der Waals surface area (Å²) in [6, 6.07) is 140. The average Bonchev–Trinajstić information content (AvgIpc) is 1.54. The van der Waals surface area contributed by atoms with Crippen molar-refractivity contribution in [2.75, 3.05) is 9.80 Å². The highest BCUT2D eigenvalue weighted by molar-refractivity contribution is 6.23.